The van der Waals surface area contributed by atoms with E-state index in [1.54, 1.807) is 0 Å². The summed E-state index contributed by atoms with van der Waals surface area (Å²) in [5, 5.41) is 3.24. The first-order valence-corrected chi connectivity index (χ1v) is 6.50. The van der Waals surface area contributed by atoms with Crippen molar-refractivity contribution in [1.29, 1.82) is 0 Å². The smallest absolute Gasteiger partial charge is 0.117 e. The lowest BCUT2D eigenvalue weighted by Gasteiger charge is -2.40. The SMILES string of the molecule is CCNC1CCC(N2CCOCC2)CC1F. The molecular weight excluding hydrogens is 207 g/mol. The van der Waals surface area contributed by atoms with Crippen LogP contribution in [0.15, 0.2) is 0 Å². The molecular formula is C12H23FN2O. The molecule has 1 aliphatic heterocycles. The Morgan fingerprint density at radius 1 is 1.31 bits per heavy atom. The molecule has 3 unspecified atom stereocenters. The molecule has 0 amide bonds. The van der Waals surface area contributed by atoms with Gasteiger partial charge in [0.2, 0.25) is 0 Å². The number of halogens is 1. The Hall–Kier alpha value is -0.190. The molecule has 0 aromatic carbocycles. The molecule has 4 heteroatoms. The minimum Gasteiger partial charge on any atom is -0.379 e. The minimum atomic E-state index is -0.679. The van der Waals surface area contributed by atoms with Crippen LogP contribution in [0.5, 0.6) is 0 Å². The topological polar surface area (TPSA) is 24.5 Å². The fourth-order valence-electron chi connectivity index (χ4n) is 2.86. The average Bonchev–Trinajstić information content (AvgIpc) is 2.33. The third kappa shape index (κ3) is 2.93. The molecule has 2 fully saturated rings. The van der Waals surface area contributed by atoms with Gasteiger partial charge in [0.15, 0.2) is 0 Å². The summed E-state index contributed by atoms with van der Waals surface area (Å²) in [5.41, 5.74) is 0. The Labute approximate surface area is 97.3 Å². The number of alkyl halides is 1. The Kier molecular flexibility index (Phi) is 4.55. The van der Waals surface area contributed by atoms with Crippen LogP contribution in [0, 0.1) is 0 Å². The highest BCUT2D eigenvalue weighted by molar-refractivity contribution is 4.89. The Morgan fingerprint density at radius 2 is 2.06 bits per heavy atom. The van der Waals surface area contributed by atoms with Crippen molar-refractivity contribution in [2.75, 3.05) is 32.8 Å². The zero-order chi connectivity index (χ0) is 11.4. The highest BCUT2D eigenvalue weighted by atomic mass is 19.1. The molecule has 0 spiro atoms. The predicted molar refractivity (Wildman–Crippen MR) is 62.4 cm³/mol. The van der Waals surface area contributed by atoms with Gasteiger partial charge in [0.25, 0.3) is 0 Å². The first-order valence-electron chi connectivity index (χ1n) is 6.50. The number of rotatable bonds is 3. The van der Waals surface area contributed by atoms with E-state index >= 15 is 0 Å². The van der Waals surface area contributed by atoms with E-state index in [4.69, 9.17) is 4.74 Å². The lowest BCUT2D eigenvalue weighted by atomic mass is 9.88. The van der Waals surface area contributed by atoms with Gasteiger partial charge in [-0.25, -0.2) is 4.39 Å². The minimum absolute atomic E-state index is 0.0855. The number of hydrogen-bond donors (Lipinski definition) is 1. The van der Waals surface area contributed by atoms with E-state index < -0.39 is 6.17 Å². The van der Waals surface area contributed by atoms with E-state index in [1.165, 1.54) is 0 Å². The maximum Gasteiger partial charge on any atom is 0.117 e. The monoisotopic (exact) mass is 230 g/mol. The summed E-state index contributed by atoms with van der Waals surface area (Å²) < 4.78 is 19.2. The number of nitrogens with one attached hydrogen (secondary N) is 1. The second kappa shape index (κ2) is 5.94. The highest BCUT2D eigenvalue weighted by Gasteiger charge is 2.33. The lowest BCUT2D eigenvalue weighted by molar-refractivity contribution is -0.00429. The van der Waals surface area contributed by atoms with Crippen LogP contribution in [0.1, 0.15) is 26.2 Å². The standard InChI is InChI=1S/C12H23FN2O/c1-2-14-12-4-3-10(9-11(12)13)15-5-7-16-8-6-15/h10-12,14H,2-9H2,1H3. The Balaban J connectivity index is 1.81. The molecule has 0 bridgehead atoms. The van der Waals surface area contributed by atoms with Crippen LogP contribution in [0.3, 0.4) is 0 Å². The van der Waals surface area contributed by atoms with Gasteiger partial charge in [0.1, 0.15) is 6.17 Å². The van der Waals surface area contributed by atoms with Crippen molar-refractivity contribution in [3.05, 3.63) is 0 Å². The molecule has 0 aromatic rings. The Morgan fingerprint density at radius 3 is 2.69 bits per heavy atom. The van der Waals surface area contributed by atoms with Gasteiger partial charge < -0.3 is 10.1 Å². The van der Waals surface area contributed by atoms with E-state index in [0.29, 0.717) is 12.5 Å². The molecule has 3 atom stereocenters. The Bertz CT molecular complexity index is 209. The molecule has 3 nitrogen and oxygen atoms in total. The van der Waals surface area contributed by atoms with Crippen LogP contribution in [0.2, 0.25) is 0 Å². The van der Waals surface area contributed by atoms with E-state index in [2.05, 4.69) is 10.2 Å². The van der Waals surface area contributed by atoms with E-state index in [1.807, 2.05) is 6.92 Å². The molecule has 16 heavy (non-hydrogen) atoms. The van der Waals surface area contributed by atoms with Crippen LogP contribution in [0.4, 0.5) is 4.39 Å². The number of morpholine rings is 1. The summed E-state index contributed by atoms with van der Waals surface area (Å²) in [4.78, 5) is 2.40. The summed E-state index contributed by atoms with van der Waals surface area (Å²) in [7, 11) is 0. The lowest BCUT2D eigenvalue weighted by Crippen LogP contribution is -2.51. The van der Waals surface area contributed by atoms with E-state index in [9.17, 15) is 4.39 Å². The van der Waals surface area contributed by atoms with Crippen molar-refractivity contribution in [2.45, 2.75) is 44.4 Å². The van der Waals surface area contributed by atoms with Gasteiger partial charge in [-0.05, 0) is 25.8 Å². The molecule has 0 radical (unpaired) electrons. The second-order valence-electron chi connectivity index (χ2n) is 4.80. The van der Waals surface area contributed by atoms with Crippen molar-refractivity contribution in [3.63, 3.8) is 0 Å². The highest BCUT2D eigenvalue weighted by Crippen LogP contribution is 2.26. The number of hydrogen-bond acceptors (Lipinski definition) is 3. The second-order valence-corrected chi connectivity index (χ2v) is 4.80. The van der Waals surface area contributed by atoms with Crippen molar-refractivity contribution in [2.24, 2.45) is 0 Å². The molecule has 1 N–H and O–H groups in total. The zero-order valence-corrected chi connectivity index (χ0v) is 10.1. The van der Waals surface area contributed by atoms with Crippen LogP contribution < -0.4 is 5.32 Å². The first kappa shape index (κ1) is 12.3. The number of ether oxygens (including phenoxy) is 1. The van der Waals surface area contributed by atoms with Crippen LogP contribution in [-0.2, 0) is 4.74 Å². The summed E-state index contributed by atoms with van der Waals surface area (Å²) in [5.74, 6) is 0. The third-order valence-electron chi connectivity index (χ3n) is 3.77. The molecule has 94 valence electrons. The summed E-state index contributed by atoms with van der Waals surface area (Å²) in [6, 6.07) is 0.524. The normalized spacial score (nSPS) is 37.5. The van der Waals surface area contributed by atoms with Gasteiger partial charge in [-0.3, -0.25) is 4.90 Å². The molecule has 1 aliphatic carbocycles. The largest absolute Gasteiger partial charge is 0.379 e. The quantitative estimate of drug-likeness (QED) is 0.788. The van der Waals surface area contributed by atoms with Gasteiger partial charge in [-0.15, -0.1) is 0 Å². The molecule has 0 aromatic heterocycles. The maximum absolute atomic E-state index is 13.9. The van der Waals surface area contributed by atoms with Crippen molar-refractivity contribution in [1.82, 2.24) is 10.2 Å². The van der Waals surface area contributed by atoms with Gasteiger partial charge in [-0.2, -0.15) is 0 Å². The molecule has 2 aliphatic rings. The molecule has 1 saturated carbocycles. The van der Waals surface area contributed by atoms with E-state index in [-0.39, 0.29) is 6.04 Å². The van der Waals surface area contributed by atoms with Crippen molar-refractivity contribution >= 4 is 0 Å². The van der Waals surface area contributed by atoms with Crippen molar-refractivity contribution in [3.8, 4) is 0 Å². The maximum atomic E-state index is 13.9. The summed E-state index contributed by atoms with van der Waals surface area (Å²) in [6.07, 6.45) is 2.11. The molecule has 1 saturated heterocycles. The van der Waals surface area contributed by atoms with E-state index in [0.717, 1.165) is 45.7 Å². The average molecular weight is 230 g/mol. The van der Waals surface area contributed by atoms with Gasteiger partial charge in [0.05, 0.1) is 13.2 Å². The van der Waals surface area contributed by atoms with Gasteiger partial charge in [-0.1, -0.05) is 6.92 Å². The zero-order valence-electron chi connectivity index (χ0n) is 10.1. The summed E-state index contributed by atoms with van der Waals surface area (Å²) in [6.45, 7) is 6.48. The van der Waals surface area contributed by atoms with Crippen LogP contribution in [0.25, 0.3) is 0 Å². The first-order chi connectivity index (χ1) is 7.81. The molecule has 1 heterocycles. The van der Waals surface area contributed by atoms with Gasteiger partial charge in [0, 0.05) is 25.2 Å². The number of nitrogens with zero attached hydrogens (tertiary/aromatic N) is 1. The summed E-state index contributed by atoms with van der Waals surface area (Å²) >= 11 is 0. The van der Waals surface area contributed by atoms with Crippen molar-refractivity contribution < 1.29 is 9.13 Å². The molecule has 2 rings (SSSR count). The predicted octanol–water partition coefficient (Wildman–Crippen LogP) is 1.19. The fourth-order valence-corrected chi connectivity index (χ4v) is 2.86. The van der Waals surface area contributed by atoms with Crippen LogP contribution in [-0.4, -0.2) is 56.0 Å². The third-order valence-corrected chi connectivity index (χ3v) is 3.77. The van der Waals surface area contributed by atoms with Gasteiger partial charge >= 0.3 is 0 Å². The fraction of sp³-hybridized carbons (Fsp3) is 1.00. The van der Waals surface area contributed by atoms with Crippen LogP contribution >= 0.6 is 0 Å².